The maximum atomic E-state index is 12.8. The molecule has 26 heavy (non-hydrogen) atoms. The van der Waals surface area contributed by atoms with Gasteiger partial charge in [-0.2, -0.15) is 0 Å². The Morgan fingerprint density at radius 2 is 2.00 bits per heavy atom. The first-order chi connectivity index (χ1) is 12.6. The van der Waals surface area contributed by atoms with Gasteiger partial charge < -0.3 is 4.74 Å². The molecule has 0 unspecified atom stereocenters. The van der Waals surface area contributed by atoms with Gasteiger partial charge in [-0.3, -0.25) is 4.79 Å². The van der Waals surface area contributed by atoms with E-state index >= 15 is 0 Å². The van der Waals surface area contributed by atoms with E-state index in [0.29, 0.717) is 30.9 Å². The number of imidazole rings is 1. The van der Waals surface area contributed by atoms with Gasteiger partial charge in [0.25, 0.3) is 5.56 Å². The number of halogens is 2. The highest BCUT2D eigenvalue weighted by atomic mass is 35.5. The second kappa shape index (κ2) is 6.65. The molecule has 0 atom stereocenters. The predicted octanol–water partition coefficient (Wildman–Crippen LogP) is 3.78. The molecule has 0 N–H and O–H groups in total. The van der Waals surface area contributed by atoms with Crippen molar-refractivity contribution in [2.45, 2.75) is 0 Å². The summed E-state index contributed by atoms with van der Waals surface area (Å²) in [7, 11) is 0. The number of para-hydroxylation sites is 2. The van der Waals surface area contributed by atoms with Gasteiger partial charge in [0.05, 0.1) is 25.6 Å². The molecule has 2 heterocycles. The fourth-order valence-electron chi connectivity index (χ4n) is 2.68. The van der Waals surface area contributed by atoms with E-state index in [1.807, 2.05) is 24.3 Å². The van der Waals surface area contributed by atoms with Crippen molar-refractivity contribution in [3.63, 3.8) is 0 Å². The summed E-state index contributed by atoms with van der Waals surface area (Å²) >= 11 is 13.8. The summed E-state index contributed by atoms with van der Waals surface area (Å²) in [4.78, 5) is 17.9. The van der Waals surface area contributed by atoms with Gasteiger partial charge in [-0.25, -0.2) is 9.38 Å². The second-order valence-corrected chi connectivity index (χ2v) is 7.26. The lowest BCUT2D eigenvalue weighted by atomic mass is 10.2. The van der Waals surface area contributed by atoms with Crippen LogP contribution in [0.15, 0.2) is 41.2 Å². The van der Waals surface area contributed by atoms with E-state index in [2.05, 4.69) is 10.9 Å². The number of hydrogen-bond donors (Lipinski definition) is 0. The molecule has 0 aliphatic carbocycles. The number of benzene rings is 2. The van der Waals surface area contributed by atoms with Crippen molar-refractivity contribution >= 4 is 56.6 Å². The standard InChI is InChI=1S/C19H10Cl2N2O2S/c1-2-7-25-17-12(20)8-11(9-13(17)21)10-16-18(24)23-15-6-4-3-5-14(15)22-19(23)26-16/h1,3-6,8-10H,7H2. The van der Waals surface area contributed by atoms with Crippen LogP contribution in [0.25, 0.3) is 22.1 Å². The molecular weight excluding hydrogens is 391 g/mol. The summed E-state index contributed by atoms with van der Waals surface area (Å²) in [5.74, 6) is 2.69. The van der Waals surface area contributed by atoms with Crippen LogP contribution in [0, 0.1) is 12.3 Å². The summed E-state index contributed by atoms with van der Waals surface area (Å²) in [5, 5.41) is 0.663. The molecule has 0 aliphatic heterocycles. The van der Waals surface area contributed by atoms with Crippen LogP contribution in [0.5, 0.6) is 5.75 Å². The first-order valence-corrected chi connectivity index (χ1v) is 9.13. The van der Waals surface area contributed by atoms with E-state index in [1.54, 1.807) is 22.6 Å². The lowest BCUT2D eigenvalue weighted by molar-refractivity contribution is 0.371. The highest BCUT2D eigenvalue weighted by Crippen LogP contribution is 2.34. The van der Waals surface area contributed by atoms with Gasteiger partial charge in [0.1, 0.15) is 6.61 Å². The lowest BCUT2D eigenvalue weighted by Crippen LogP contribution is -2.22. The smallest absolute Gasteiger partial charge is 0.274 e. The van der Waals surface area contributed by atoms with Gasteiger partial charge in [-0.1, -0.05) is 52.6 Å². The summed E-state index contributed by atoms with van der Waals surface area (Å²) in [6, 6.07) is 10.9. The topological polar surface area (TPSA) is 43.6 Å². The molecule has 0 radical (unpaired) electrons. The van der Waals surface area contributed by atoms with Gasteiger partial charge in [-0.05, 0) is 35.9 Å². The number of aromatic nitrogens is 2. The first kappa shape index (κ1) is 16.9. The quantitative estimate of drug-likeness (QED) is 0.491. The first-order valence-electron chi connectivity index (χ1n) is 7.55. The van der Waals surface area contributed by atoms with Crippen molar-refractivity contribution in [3.05, 3.63) is 66.9 Å². The van der Waals surface area contributed by atoms with E-state index < -0.39 is 0 Å². The van der Waals surface area contributed by atoms with Gasteiger partial charge in [0, 0.05) is 0 Å². The number of ether oxygens (including phenoxy) is 1. The molecule has 0 saturated heterocycles. The average Bonchev–Trinajstić information content (AvgIpc) is 3.11. The predicted molar refractivity (Wildman–Crippen MR) is 106 cm³/mol. The third-order valence-electron chi connectivity index (χ3n) is 3.76. The molecule has 4 nitrogen and oxygen atoms in total. The minimum absolute atomic E-state index is 0.0718. The number of thiazole rings is 1. The Hall–Kier alpha value is -2.52. The Morgan fingerprint density at radius 3 is 2.73 bits per heavy atom. The van der Waals surface area contributed by atoms with Crippen molar-refractivity contribution in [1.29, 1.82) is 0 Å². The lowest BCUT2D eigenvalue weighted by Gasteiger charge is -2.08. The number of fused-ring (bicyclic) bond motifs is 3. The average molecular weight is 401 g/mol. The minimum Gasteiger partial charge on any atom is -0.478 e. The minimum atomic E-state index is -0.126. The van der Waals surface area contributed by atoms with E-state index in [1.165, 1.54) is 11.3 Å². The van der Waals surface area contributed by atoms with Crippen molar-refractivity contribution in [2.24, 2.45) is 0 Å². The zero-order valence-corrected chi connectivity index (χ0v) is 15.5. The van der Waals surface area contributed by atoms with Crippen LogP contribution < -0.4 is 14.8 Å². The van der Waals surface area contributed by atoms with E-state index in [-0.39, 0.29) is 12.2 Å². The Bertz CT molecular complexity index is 1280. The molecule has 0 aliphatic rings. The van der Waals surface area contributed by atoms with Crippen LogP contribution in [-0.2, 0) is 0 Å². The number of hydrogen-bond acceptors (Lipinski definition) is 4. The van der Waals surface area contributed by atoms with Crippen LogP contribution in [0.1, 0.15) is 5.56 Å². The van der Waals surface area contributed by atoms with Crippen molar-refractivity contribution in [3.8, 4) is 18.1 Å². The molecular formula is C19H10Cl2N2O2S. The van der Waals surface area contributed by atoms with E-state index in [9.17, 15) is 4.79 Å². The van der Waals surface area contributed by atoms with Gasteiger partial charge in [0.15, 0.2) is 10.7 Å². The number of terminal acetylenes is 1. The van der Waals surface area contributed by atoms with Gasteiger partial charge in [-0.15, -0.1) is 6.42 Å². The van der Waals surface area contributed by atoms with Crippen LogP contribution in [0.3, 0.4) is 0 Å². The largest absolute Gasteiger partial charge is 0.478 e. The van der Waals surface area contributed by atoms with Crippen molar-refractivity contribution in [1.82, 2.24) is 9.38 Å². The fourth-order valence-corrected chi connectivity index (χ4v) is 4.28. The molecule has 0 fully saturated rings. The summed E-state index contributed by atoms with van der Waals surface area (Å²) in [5.41, 5.74) is 2.15. The van der Waals surface area contributed by atoms with Crippen molar-refractivity contribution < 1.29 is 4.74 Å². The summed E-state index contributed by atoms with van der Waals surface area (Å²) < 4.78 is 7.50. The number of rotatable bonds is 3. The zero-order valence-electron chi connectivity index (χ0n) is 13.2. The summed E-state index contributed by atoms with van der Waals surface area (Å²) in [6.07, 6.45) is 6.92. The van der Waals surface area contributed by atoms with Crippen molar-refractivity contribution in [2.75, 3.05) is 6.61 Å². The maximum Gasteiger partial charge on any atom is 0.274 e. The SMILES string of the molecule is C#CCOc1c(Cl)cc(C=c2sc3nc4ccccc4n3c2=O)cc1Cl. The number of nitrogens with zero attached hydrogens (tertiary/aromatic N) is 2. The molecule has 4 rings (SSSR count). The molecule has 2 aromatic heterocycles. The molecule has 4 aromatic rings. The van der Waals surface area contributed by atoms with Gasteiger partial charge in [0.2, 0.25) is 0 Å². The second-order valence-electron chi connectivity index (χ2n) is 5.44. The zero-order chi connectivity index (χ0) is 18.3. The molecule has 0 saturated carbocycles. The third-order valence-corrected chi connectivity index (χ3v) is 5.29. The monoisotopic (exact) mass is 400 g/mol. The van der Waals surface area contributed by atoms with E-state index in [0.717, 1.165) is 11.0 Å². The van der Waals surface area contributed by atoms with Crippen LogP contribution in [0.4, 0.5) is 0 Å². The third kappa shape index (κ3) is 2.82. The Kier molecular flexibility index (Phi) is 4.33. The van der Waals surface area contributed by atoms with Crippen LogP contribution >= 0.6 is 34.5 Å². The Balaban J connectivity index is 1.85. The van der Waals surface area contributed by atoms with Gasteiger partial charge >= 0.3 is 0 Å². The Labute approximate surface area is 162 Å². The normalized spacial score (nSPS) is 12.0. The van der Waals surface area contributed by atoms with Crippen LogP contribution in [0.2, 0.25) is 10.0 Å². The molecule has 128 valence electrons. The molecule has 0 bridgehead atoms. The molecule has 0 amide bonds. The molecule has 0 spiro atoms. The Morgan fingerprint density at radius 1 is 1.27 bits per heavy atom. The summed E-state index contributed by atoms with van der Waals surface area (Å²) in [6.45, 7) is 0.0718. The highest BCUT2D eigenvalue weighted by molar-refractivity contribution is 7.15. The van der Waals surface area contributed by atoms with Crippen LogP contribution in [-0.4, -0.2) is 16.0 Å². The highest BCUT2D eigenvalue weighted by Gasteiger charge is 2.12. The maximum absolute atomic E-state index is 12.8. The fraction of sp³-hybridized carbons (Fsp3) is 0.0526. The van der Waals surface area contributed by atoms with E-state index in [4.69, 9.17) is 34.4 Å². The molecule has 7 heteroatoms. The molecule has 2 aromatic carbocycles.